The second kappa shape index (κ2) is 9.20. The van der Waals surface area contributed by atoms with Crippen LogP contribution in [0, 0.1) is 0 Å². The van der Waals surface area contributed by atoms with Crippen molar-refractivity contribution < 1.29 is 27.4 Å². The maximum absolute atomic E-state index is 11.6. The minimum Gasteiger partial charge on any atom is -0.372 e. The average Bonchev–Trinajstić information content (AvgIpc) is 2.18. The zero-order valence-corrected chi connectivity index (χ0v) is 9.39. The molecule has 0 spiro atoms. The van der Waals surface area contributed by atoms with E-state index in [2.05, 4.69) is 10.1 Å². The van der Waals surface area contributed by atoms with E-state index in [1.54, 1.807) is 0 Å². The van der Waals surface area contributed by atoms with Crippen LogP contribution in [0.5, 0.6) is 0 Å². The molecule has 3 N–H and O–H groups in total. The molecule has 0 aromatic carbocycles. The molecule has 0 aliphatic rings. The Balaban J connectivity index is 3.06. The van der Waals surface area contributed by atoms with Gasteiger partial charge in [-0.1, -0.05) is 0 Å². The van der Waals surface area contributed by atoms with Gasteiger partial charge in [-0.15, -0.1) is 0 Å². The summed E-state index contributed by atoms with van der Waals surface area (Å²) in [7, 11) is 0. The van der Waals surface area contributed by atoms with Gasteiger partial charge in [-0.25, -0.2) is 0 Å². The first-order valence-corrected chi connectivity index (χ1v) is 5.13. The summed E-state index contributed by atoms with van der Waals surface area (Å²) in [6, 6.07) is 0. The molecule has 1 amide bonds. The molecule has 0 atom stereocenters. The number of ether oxygens (including phenoxy) is 2. The Morgan fingerprint density at radius 2 is 1.88 bits per heavy atom. The molecule has 0 radical (unpaired) electrons. The first-order valence-electron chi connectivity index (χ1n) is 5.13. The largest absolute Gasteiger partial charge is 0.411 e. The third kappa shape index (κ3) is 15.1. The number of carbonyl (C=O) groups is 1. The van der Waals surface area contributed by atoms with Crippen LogP contribution in [0.1, 0.15) is 6.42 Å². The van der Waals surface area contributed by atoms with Crippen molar-refractivity contribution in [2.75, 3.05) is 39.5 Å². The SMILES string of the molecule is NC(=O)COCCNCCCOCC(F)(F)F. The summed E-state index contributed by atoms with van der Waals surface area (Å²) in [6.45, 7) is 0.0659. The number of hydrogen-bond acceptors (Lipinski definition) is 4. The molecule has 0 aromatic heterocycles. The van der Waals surface area contributed by atoms with Gasteiger partial charge in [0.05, 0.1) is 6.61 Å². The second-order valence-corrected chi connectivity index (χ2v) is 3.29. The van der Waals surface area contributed by atoms with Crippen LogP contribution in [0.3, 0.4) is 0 Å². The number of amides is 1. The van der Waals surface area contributed by atoms with Gasteiger partial charge in [0.2, 0.25) is 5.91 Å². The Labute approximate surface area is 97.4 Å². The normalized spacial score (nSPS) is 11.7. The highest BCUT2D eigenvalue weighted by molar-refractivity contribution is 5.74. The summed E-state index contributed by atoms with van der Waals surface area (Å²) >= 11 is 0. The Morgan fingerprint density at radius 1 is 1.18 bits per heavy atom. The zero-order chi connectivity index (χ0) is 13.1. The molecule has 5 nitrogen and oxygen atoms in total. The monoisotopic (exact) mass is 258 g/mol. The molecule has 102 valence electrons. The van der Waals surface area contributed by atoms with Crippen LogP contribution in [0.4, 0.5) is 13.2 Å². The van der Waals surface area contributed by atoms with Crippen molar-refractivity contribution in [3.8, 4) is 0 Å². The van der Waals surface area contributed by atoms with Gasteiger partial charge in [-0.2, -0.15) is 13.2 Å². The van der Waals surface area contributed by atoms with E-state index in [-0.39, 0.29) is 13.2 Å². The van der Waals surface area contributed by atoms with Gasteiger partial charge < -0.3 is 20.5 Å². The van der Waals surface area contributed by atoms with Crippen LogP contribution >= 0.6 is 0 Å². The lowest BCUT2D eigenvalue weighted by atomic mass is 10.4. The number of hydrogen-bond donors (Lipinski definition) is 2. The first-order chi connectivity index (χ1) is 7.92. The van der Waals surface area contributed by atoms with Gasteiger partial charge in [0.1, 0.15) is 13.2 Å². The summed E-state index contributed by atoms with van der Waals surface area (Å²) in [5.41, 5.74) is 4.83. The lowest BCUT2D eigenvalue weighted by molar-refractivity contribution is -0.173. The number of carbonyl (C=O) groups excluding carboxylic acids is 1. The average molecular weight is 258 g/mol. The Morgan fingerprint density at radius 3 is 2.47 bits per heavy atom. The summed E-state index contributed by atoms with van der Waals surface area (Å²) < 4.78 is 44.2. The fraction of sp³-hybridized carbons (Fsp3) is 0.889. The Hall–Kier alpha value is -0.860. The summed E-state index contributed by atoms with van der Waals surface area (Å²) in [4.78, 5) is 10.3. The van der Waals surface area contributed by atoms with Crippen molar-refractivity contribution in [1.29, 1.82) is 0 Å². The molecule has 8 heteroatoms. The molecule has 0 aliphatic carbocycles. The molecule has 0 bridgehead atoms. The molecule has 0 saturated heterocycles. The summed E-state index contributed by atoms with van der Waals surface area (Å²) in [5, 5.41) is 2.92. The van der Waals surface area contributed by atoms with E-state index in [9.17, 15) is 18.0 Å². The van der Waals surface area contributed by atoms with Crippen molar-refractivity contribution in [2.24, 2.45) is 5.73 Å². The fourth-order valence-electron chi connectivity index (χ4n) is 0.929. The van der Waals surface area contributed by atoms with Gasteiger partial charge >= 0.3 is 6.18 Å². The Kier molecular flexibility index (Phi) is 8.73. The predicted octanol–water partition coefficient (Wildman–Crippen LogP) is 0.0469. The highest BCUT2D eigenvalue weighted by Crippen LogP contribution is 2.14. The van der Waals surface area contributed by atoms with Gasteiger partial charge in [0, 0.05) is 13.2 Å². The van der Waals surface area contributed by atoms with Crippen molar-refractivity contribution in [1.82, 2.24) is 5.32 Å². The standard InChI is InChI=1S/C9H17F3N2O3/c10-9(11,12)7-17-4-1-2-14-3-5-16-6-8(13)15/h14H,1-7H2,(H2,13,15). The molecular formula is C9H17F3N2O3. The van der Waals surface area contributed by atoms with Crippen LogP contribution in [0.2, 0.25) is 0 Å². The van der Waals surface area contributed by atoms with Crippen LogP contribution in [-0.4, -0.2) is 51.6 Å². The van der Waals surface area contributed by atoms with Gasteiger partial charge in [-0.3, -0.25) is 4.79 Å². The van der Waals surface area contributed by atoms with Gasteiger partial charge in [0.25, 0.3) is 0 Å². The van der Waals surface area contributed by atoms with Crippen LogP contribution < -0.4 is 11.1 Å². The third-order valence-corrected chi connectivity index (χ3v) is 1.58. The maximum Gasteiger partial charge on any atom is 0.411 e. The molecular weight excluding hydrogens is 241 g/mol. The molecule has 0 heterocycles. The first kappa shape index (κ1) is 16.1. The molecule has 0 rings (SSSR count). The van der Waals surface area contributed by atoms with Gasteiger partial charge in [0.15, 0.2) is 0 Å². The predicted molar refractivity (Wildman–Crippen MR) is 54.4 cm³/mol. The minimum atomic E-state index is -4.27. The summed E-state index contributed by atoms with van der Waals surface area (Å²) in [5.74, 6) is -0.537. The quantitative estimate of drug-likeness (QED) is 0.543. The van der Waals surface area contributed by atoms with E-state index in [1.807, 2.05) is 0 Å². The molecule has 0 unspecified atom stereocenters. The highest BCUT2D eigenvalue weighted by Gasteiger charge is 2.26. The van der Waals surface area contributed by atoms with Crippen LogP contribution in [0.15, 0.2) is 0 Å². The number of primary amides is 1. The number of nitrogens with two attached hydrogens (primary N) is 1. The second-order valence-electron chi connectivity index (χ2n) is 3.29. The summed E-state index contributed by atoms with van der Waals surface area (Å²) in [6.07, 6.45) is -3.79. The van der Waals surface area contributed by atoms with E-state index in [0.29, 0.717) is 26.1 Å². The number of halogens is 3. The van der Waals surface area contributed by atoms with Crippen molar-refractivity contribution in [2.45, 2.75) is 12.6 Å². The van der Waals surface area contributed by atoms with Crippen LogP contribution in [-0.2, 0) is 14.3 Å². The van der Waals surface area contributed by atoms with Crippen molar-refractivity contribution in [3.05, 3.63) is 0 Å². The number of alkyl halides is 3. The molecule has 17 heavy (non-hydrogen) atoms. The van der Waals surface area contributed by atoms with Gasteiger partial charge in [-0.05, 0) is 13.0 Å². The fourth-order valence-corrected chi connectivity index (χ4v) is 0.929. The zero-order valence-electron chi connectivity index (χ0n) is 9.39. The van der Waals surface area contributed by atoms with E-state index >= 15 is 0 Å². The molecule has 0 aliphatic heterocycles. The lowest BCUT2D eigenvalue weighted by Crippen LogP contribution is -2.25. The van der Waals surface area contributed by atoms with E-state index in [0.717, 1.165) is 0 Å². The number of nitrogens with one attached hydrogen (secondary N) is 1. The lowest BCUT2D eigenvalue weighted by Gasteiger charge is -2.08. The van der Waals surface area contributed by atoms with E-state index in [1.165, 1.54) is 0 Å². The molecule has 0 saturated carbocycles. The minimum absolute atomic E-state index is 0.0503. The molecule has 0 aromatic rings. The van der Waals surface area contributed by atoms with Crippen LogP contribution in [0.25, 0.3) is 0 Å². The topological polar surface area (TPSA) is 73.6 Å². The highest BCUT2D eigenvalue weighted by atomic mass is 19.4. The van der Waals surface area contributed by atoms with E-state index in [4.69, 9.17) is 10.5 Å². The van der Waals surface area contributed by atoms with Crippen molar-refractivity contribution >= 4 is 5.91 Å². The van der Waals surface area contributed by atoms with Crippen molar-refractivity contribution in [3.63, 3.8) is 0 Å². The van der Waals surface area contributed by atoms with E-state index < -0.39 is 18.7 Å². The third-order valence-electron chi connectivity index (χ3n) is 1.58. The maximum atomic E-state index is 11.6. The smallest absolute Gasteiger partial charge is 0.372 e. The molecule has 0 fully saturated rings. The number of rotatable bonds is 10. The Bertz CT molecular complexity index is 212.